The molecule has 0 bridgehead atoms. The van der Waals surface area contributed by atoms with Gasteiger partial charge in [-0.25, -0.2) is 4.98 Å². The zero-order chi connectivity index (χ0) is 15.5. The first-order valence-corrected chi connectivity index (χ1v) is 8.36. The van der Waals surface area contributed by atoms with Crippen molar-refractivity contribution in [2.24, 2.45) is 13.0 Å². The number of likely N-dealkylation sites (tertiary alicyclic amines) is 1. The Morgan fingerprint density at radius 1 is 1.18 bits per heavy atom. The second kappa shape index (κ2) is 6.69. The number of imidazole rings is 1. The van der Waals surface area contributed by atoms with Crippen molar-refractivity contribution in [3.8, 4) is 0 Å². The summed E-state index contributed by atoms with van der Waals surface area (Å²) in [6.45, 7) is 8.47. The molecule has 3 heterocycles. The Bertz CT molecular complexity index is 498. The number of aryl methyl sites for hydroxylation is 1. The van der Waals surface area contributed by atoms with Gasteiger partial charge in [-0.05, 0) is 18.8 Å². The number of nitrogens with zero attached hydrogens (tertiary/aromatic N) is 5. The van der Waals surface area contributed by atoms with Crippen LogP contribution in [-0.4, -0.2) is 71.1 Å². The van der Waals surface area contributed by atoms with E-state index < -0.39 is 0 Å². The lowest BCUT2D eigenvalue weighted by atomic mass is 9.99. The van der Waals surface area contributed by atoms with Gasteiger partial charge in [0.1, 0.15) is 0 Å². The molecule has 0 aliphatic carbocycles. The van der Waals surface area contributed by atoms with Crippen molar-refractivity contribution in [1.29, 1.82) is 0 Å². The van der Waals surface area contributed by atoms with Gasteiger partial charge in [-0.1, -0.05) is 6.92 Å². The van der Waals surface area contributed by atoms with Gasteiger partial charge in [0.05, 0.1) is 6.54 Å². The fraction of sp³-hybridized carbons (Fsp3) is 0.750. The summed E-state index contributed by atoms with van der Waals surface area (Å²) in [5.74, 6) is 2.10. The number of anilines is 1. The molecule has 2 saturated heterocycles. The second-order valence-electron chi connectivity index (χ2n) is 6.66. The minimum absolute atomic E-state index is 0.303. The number of aromatic nitrogens is 2. The number of hydrogen-bond donors (Lipinski definition) is 0. The minimum Gasteiger partial charge on any atom is -0.342 e. The Hall–Kier alpha value is -1.56. The minimum atomic E-state index is 0.303. The largest absolute Gasteiger partial charge is 0.342 e. The highest BCUT2D eigenvalue weighted by molar-refractivity contribution is 5.78. The second-order valence-corrected chi connectivity index (χ2v) is 6.66. The lowest BCUT2D eigenvalue weighted by molar-refractivity contribution is -0.133. The van der Waals surface area contributed by atoms with E-state index in [2.05, 4.69) is 26.3 Å². The summed E-state index contributed by atoms with van der Waals surface area (Å²) in [5, 5.41) is 0. The van der Waals surface area contributed by atoms with Gasteiger partial charge in [0, 0.05) is 58.7 Å². The first-order valence-electron chi connectivity index (χ1n) is 8.36. The Labute approximate surface area is 132 Å². The Morgan fingerprint density at radius 3 is 2.45 bits per heavy atom. The van der Waals surface area contributed by atoms with Crippen molar-refractivity contribution < 1.29 is 4.79 Å². The lowest BCUT2D eigenvalue weighted by Crippen LogP contribution is -2.51. The number of carbonyl (C=O) groups excluding carboxylic acids is 1. The molecule has 0 N–H and O–H groups in total. The van der Waals surface area contributed by atoms with E-state index in [0.29, 0.717) is 12.5 Å². The van der Waals surface area contributed by atoms with Crippen LogP contribution in [0.5, 0.6) is 0 Å². The van der Waals surface area contributed by atoms with E-state index in [1.807, 2.05) is 24.3 Å². The van der Waals surface area contributed by atoms with Crippen molar-refractivity contribution in [2.75, 3.05) is 50.7 Å². The van der Waals surface area contributed by atoms with E-state index in [1.165, 1.54) is 0 Å². The molecular formula is C16H27N5O. The summed E-state index contributed by atoms with van der Waals surface area (Å²) in [6.07, 6.45) is 6.11. The zero-order valence-electron chi connectivity index (χ0n) is 13.7. The van der Waals surface area contributed by atoms with Gasteiger partial charge in [0.15, 0.2) is 0 Å². The number of piperidine rings is 1. The SMILES string of the molecule is CC1CCN(C(=O)CN2CCN(c3nccn3C)CC2)CC1. The summed E-state index contributed by atoms with van der Waals surface area (Å²) in [4.78, 5) is 23.4. The highest BCUT2D eigenvalue weighted by Crippen LogP contribution is 2.17. The van der Waals surface area contributed by atoms with E-state index in [9.17, 15) is 4.79 Å². The van der Waals surface area contributed by atoms with Gasteiger partial charge in [0.2, 0.25) is 11.9 Å². The van der Waals surface area contributed by atoms with Crippen LogP contribution in [0.4, 0.5) is 5.95 Å². The number of rotatable bonds is 3. The van der Waals surface area contributed by atoms with Crippen LogP contribution in [0.1, 0.15) is 19.8 Å². The smallest absolute Gasteiger partial charge is 0.236 e. The Kier molecular flexibility index (Phi) is 4.66. The van der Waals surface area contributed by atoms with Crippen LogP contribution in [0.25, 0.3) is 0 Å². The van der Waals surface area contributed by atoms with Gasteiger partial charge < -0.3 is 14.4 Å². The number of amides is 1. The summed E-state index contributed by atoms with van der Waals surface area (Å²) in [5.41, 5.74) is 0. The maximum Gasteiger partial charge on any atom is 0.236 e. The van der Waals surface area contributed by atoms with Gasteiger partial charge in [0.25, 0.3) is 0 Å². The molecule has 0 saturated carbocycles. The van der Waals surface area contributed by atoms with E-state index >= 15 is 0 Å². The third-order valence-electron chi connectivity index (χ3n) is 4.95. The van der Waals surface area contributed by atoms with E-state index in [0.717, 1.165) is 64.0 Å². The fourth-order valence-electron chi connectivity index (χ4n) is 3.32. The molecule has 6 heteroatoms. The van der Waals surface area contributed by atoms with Crippen molar-refractivity contribution in [3.63, 3.8) is 0 Å². The molecule has 1 aromatic heterocycles. The van der Waals surface area contributed by atoms with Crippen LogP contribution in [0.3, 0.4) is 0 Å². The zero-order valence-corrected chi connectivity index (χ0v) is 13.7. The average molecular weight is 305 g/mol. The van der Waals surface area contributed by atoms with Crippen LogP contribution >= 0.6 is 0 Å². The predicted octanol–water partition coefficient (Wildman–Crippen LogP) is 0.801. The molecule has 2 aliphatic heterocycles. The predicted molar refractivity (Wildman–Crippen MR) is 86.8 cm³/mol. The molecule has 22 heavy (non-hydrogen) atoms. The van der Waals surface area contributed by atoms with E-state index in [4.69, 9.17) is 0 Å². The molecule has 3 rings (SSSR count). The van der Waals surface area contributed by atoms with Crippen LogP contribution < -0.4 is 4.90 Å². The van der Waals surface area contributed by atoms with Crippen LogP contribution in [-0.2, 0) is 11.8 Å². The molecule has 0 atom stereocenters. The number of carbonyl (C=O) groups is 1. The van der Waals surface area contributed by atoms with Gasteiger partial charge >= 0.3 is 0 Å². The Balaban J connectivity index is 1.46. The first kappa shape index (κ1) is 15.3. The maximum atomic E-state index is 12.4. The summed E-state index contributed by atoms with van der Waals surface area (Å²) in [6, 6.07) is 0. The molecule has 0 radical (unpaired) electrons. The van der Waals surface area contributed by atoms with Crippen molar-refractivity contribution >= 4 is 11.9 Å². The number of hydrogen-bond acceptors (Lipinski definition) is 4. The molecule has 1 aromatic rings. The molecule has 0 spiro atoms. The Morgan fingerprint density at radius 2 is 1.86 bits per heavy atom. The molecule has 0 aromatic carbocycles. The monoisotopic (exact) mass is 305 g/mol. The molecular weight excluding hydrogens is 278 g/mol. The standard InChI is InChI=1S/C16H27N5O/c1-14-3-6-20(7-4-14)15(22)13-19-9-11-21(12-10-19)16-17-5-8-18(16)2/h5,8,14H,3-4,6-7,9-13H2,1-2H3. The van der Waals surface area contributed by atoms with Gasteiger partial charge in [-0.3, -0.25) is 9.69 Å². The lowest BCUT2D eigenvalue weighted by Gasteiger charge is -2.37. The third kappa shape index (κ3) is 3.43. The summed E-state index contributed by atoms with van der Waals surface area (Å²) >= 11 is 0. The van der Waals surface area contributed by atoms with Crippen molar-refractivity contribution in [1.82, 2.24) is 19.4 Å². The molecule has 2 aliphatic rings. The van der Waals surface area contributed by atoms with Crippen molar-refractivity contribution in [3.05, 3.63) is 12.4 Å². The molecule has 1 amide bonds. The highest BCUT2D eigenvalue weighted by atomic mass is 16.2. The van der Waals surface area contributed by atoms with Crippen LogP contribution in [0, 0.1) is 5.92 Å². The molecule has 0 unspecified atom stereocenters. The topological polar surface area (TPSA) is 44.6 Å². The molecule has 6 nitrogen and oxygen atoms in total. The van der Waals surface area contributed by atoms with Crippen LogP contribution in [0.15, 0.2) is 12.4 Å². The average Bonchev–Trinajstić information content (AvgIpc) is 2.95. The normalized spacial score (nSPS) is 21.4. The third-order valence-corrected chi connectivity index (χ3v) is 4.95. The molecule has 2 fully saturated rings. The summed E-state index contributed by atoms with van der Waals surface area (Å²) in [7, 11) is 2.02. The van der Waals surface area contributed by atoms with Gasteiger partial charge in [-0.2, -0.15) is 0 Å². The number of piperazine rings is 1. The fourth-order valence-corrected chi connectivity index (χ4v) is 3.32. The van der Waals surface area contributed by atoms with Gasteiger partial charge in [-0.15, -0.1) is 0 Å². The quantitative estimate of drug-likeness (QED) is 0.829. The first-order chi connectivity index (χ1) is 10.6. The van der Waals surface area contributed by atoms with Crippen molar-refractivity contribution in [2.45, 2.75) is 19.8 Å². The van der Waals surface area contributed by atoms with Crippen LogP contribution in [0.2, 0.25) is 0 Å². The highest BCUT2D eigenvalue weighted by Gasteiger charge is 2.25. The maximum absolute atomic E-state index is 12.4. The molecule has 122 valence electrons. The summed E-state index contributed by atoms with van der Waals surface area (Å²) < 4.78 is 2.05. The van der Waals surface area contributed by atoms with E-state index in [-0.39, 0.29) is 0 Å². The van der Waals surface area contributed by atoms with E-state index in [1.54, 1.807) is 0 Å².